The van der Waals surface area contributed by atoms with Crippen molar-refractivity contribution in [2.45, 2.75) is 38.1 Å². The van der Waals surface area contributed by atoms with E-state index in [2.05, 4.69) is 12.2 Å². The molecule has 0 spiro atoms. The van der Waals surface area contributed by atoms with Gasteiger partial charge in [0.1, 0.15) is 0 Å². The van der Waals surface area contributed by atoms with E-state index in [0.29, 0.717) is 25.7 Å². The van der Waals surface area contributed by atoms with Crippen molar-refractivity contribution in [2.24, 2.45) is 29.6 Å². The fourth-order valence-corrected chi connectivity index (χ4v) is 4.87. The Kier molecular flexibility index (Phi) is 2.75. The molecule has 2 amide bonds. The zero-order valence-electron chi connectivity index (χ0n) is 11.8. The summed E-state index contributed by atoms with van der Waals surface area (Å²) >= 11 is 0. The first-order valence-electron chi connectivity index (χ1n) is 7.86. The van der Waals surface area contributed by atoms with Crippen LogP contribution in [0.15, 0.2) is 12.2 Å². The van der Waals surface area contributed by atoms with Gasteiger partial charge in [-0.15, -0.1) is 0 Å². The van der Waals surface area contributed by atoms with Crippen LogP contribution in [0.4, 0.5) is 0 Å². The number of nitrogens with zero attached hydrogens (tertiary/aromatic N) is 1. The molecule has 1 saturated heterocycles. The van der Waals surface area contributed by atoms with E-state index in [-0.39, 0.29) is 47.4 Å². The van der Waals surface area contributed by atoms with Crippen LogP contribution >= 0.6 is 0 Å². The van der Waals surface area contributed by atoms with Crippen molar-refractivity contribution < 1.29 is 19.5 Å². The molecular weight excluding hydrogens is 270 g/mol. The Hall–Kier alpha value is -1.65. The maximum Gasteiger partial charge on any atom is 0.306 e. The summed E-state index contributed by atoms with van der Waals surface area (Å²) < 4.78 is 0. The van der Waals surface area contributed by atoms with Crippen LogP contribution < -0.4 is 0 Å². The summed E-state index contributed by atoms with van der Waals surface area (Å²) in [6, 6.07) is -0.0781. The van der Waals surface area contributed by atoms with Gasteiger partial charge in [0.25, 0.3) is 0 Å². The predicted octanol–water partition coefficient (Wildman–Crippen LogP) is 1.44. The summed E-state index contributed by atoms with van der Waals surface area (Å²) in [5.74, 6) is -0.845. The van der Waals surface area contributed by atoms with E-state index in [9.17, 15) is 14.4 Å². The van der Waals surface area contributed by atoms with Crippen molar-refractivity contribution in [1.82, 2.24) is 4.90 Å². The smallest absolute Gasteiger partial charge is 0.306 e. The molecule has 3 aliphatic carbocycles. The van der Waals surface area contributed by atoms with Gasteiger partial charge in [0.15, 0.2) is 0 Å². The number of hydrogen-bond acceptors (Lipinski definition) is 3. The average Bonchev–Trinajstić information content (AvgIpc) is 3.13. The molecule has 0 unspecified atom stereocenters. The lowest BCUT2D eigenvalue weighted by molar-refractivity contribution is -0.146. The topological polar surface area (TPSA) is 74.7 Å². The summed E-state index contributed by atoms with van der Waals surface area (Å²) in [6.45, 7) is 0. The first kappa shape index (κ1) is 13.0. The molecular formula is C16H19NO4. The van der Waals surface area contributed by atoms with E-state index >= 15 is 0 Å². The molecule has 2 bridgehead atoms. The molecule has 1 heterocycles. The highest BCUT2D eigenvalue weighted by Crippen LogP contribution is 2.53. The number of aliphatic carboxylic acids is 1. The molecule has 1 aliphatic heterocycles. The molecule has 2 saturated carbocycles. The number of amides is 2. The molecule has 112 valence electrons. The fourth-order valence-electron chi connectivity index (χ4n) is 4.87. The number of hydrogen-bond donors (Lipinski definition) is 1. The highest BCUT2D eigenvalue weighted by atomic mass is 16.4. The van der Waals surface area contributed by atoms with Gasteiger partial charge in [0.2, 0.25) is 11.8 Å². The number of carboxylic acids is 1. The molecule has 5 heteroatoms. The first-order chi connectivity index (χ1) is 10.1. The van der Waals surface area contributed by atoms with Crippen LogP contribution in [0.25, 0.3) is 0 Å². The predicted molar refractivity (Wildman–Crippen MR) is 73.0 cm³/mol. The molecule has 0 radical (unpaired) electrons. The number of carbonyl (C=O) groups is 3. The Morgan fingerprint density at radius 2 is 1.52 bits per heavy atom. The number of carboxylic acid groups (broad SMARTS) is 1. The third-order valence-electron chi connectivity index (χ3n) is 5.92. The Balaban J connectivity index is 1.51. The lowest BCUT2D eigenvalue weighted by Gasteiger charge is -2.32. The van der Waals surface area contributed by atoms with E-state index < -0.39 is 5.97 Å². The number of rotatable bonds is 2. The lowest BCUT2D eigenvalue weighted by atomic mass is 9.85. The van der Waals surface area contributed by atoms with Gasteiger partial charge < -0.3 is 5.11 Å². The second-order valence-electron chi connectivity index (χ2n) is 6.89. The number of likely N-dealkylation sites (tertiary alicyclic amines) is 1. The highest BCUT2D eigenvalue weighted by Gasteiger charge is 2.60. The highest BCUT2D eigenvalue weighted by molar-refractivity contribution is 6.06. The van der Waals surface area contributed by atoms with Gasteiger partial charge >= 0.3 is 5.97 Å². The molecule has 3 fully saturated rings. The van der Waals surface area contributed by atoms with Gasteiger partial charge in [-0.1, -0.05) is 12.2 Å². The lowest BCUT2D eigenvalue weighted by Crippen LogP contribution is -2.44. The normalized spacial score (nSPS) is 44.5. The maximum atomic E-state index is 12.7. The molecule has 4 aliphatic rings. The van der Waals surface area contributed by atoms with E-state index in [1.54, 1.807) is 0 Å². The van der Waals surface area contributed by atoms with Crippen molar-refractivity contribution in [1.29, 1.82) is 0 Å². The fraction of sp³-hybridized carbons (Fsp3) is 0.688. The van der Waals surface area contributed by atoms with Crippen LogP contribution in [0.1, 0.15) is 32.1 Å². The van der Waals surface area contributed by atoms with E-state index in [0.717, 1.165) is 6.42 Å². The Morgan fingerprint density at radius 1 is 1.00 bits per heavy atom. The third-order valence-corrected chi connectivity index (χ3v) is 5.92. The number of imide groups is 1. The van der Waals surface area contributed by atoms with Crippen molar-refractivity contribution in [2.75, 3.05) is 0 Å². The quantitative estimate of drug-likeness (QED) is 0.616. The van der Waals surface area contributed by atoms with Crippen molar-refractivity contribution in [3.8, 4) is 0 Å². The standard InChI is InChI=1S/C16H19NO4/c18-14-12-9-1-2-10(7-9)13(12)15(19)17(14)11-5-3-8(4-6-11)16(20)21/h1-2,8-13H,3-7H2,(H,20,21)/t8?,9-,10-,11?,12-,13+/m1/s1. The summed E-state index contributed by atoms with van der Waals surface area (Å²) in [7, 11) is 0. The Bertz CT molecular complexity index is 516. The number of carbonyl (C=O) groups excluding carboxylic acids is 2. The van der Waals surface area contributed by atoms with Crippen LogP contribution in [0, 0.1) is 29.6 Å². The summed E-state index contributed by atoms with van der Waals surface area (Å²) in [5.41, 5.74) is 0. The average molecular weight is 289 g/mol. The minimum atomic E-state index is -0.758. The summed E-state index contributed by atoms with van der Waals surface area (Å²) in [5, 5.41) is 9.05. The maximum absolute atomic E-state index is 12.7. The molecule has 5 nitrogen and oxygen atoms in total. The Morgan fingerprint density at radius 3 is 2.00 bits per heavy atom. The van der Waals surface area contributed by atoms with Gasteiger partial charge in [0, 0.05) is 6.04 Å². The molecule has 21 heavy (non-hydrogen) atoms. The molecule has 1 N–H and O–H groups in total. The molecule has 4 atom stereocenters. The minimum Gasteiger partial charge on any atom is -0.481 e. The summed E-state index contributed by atoms with van der Waals surface area (Å²) in [4.78, 5) is 37.8. The minimum absolute atomic E-state index is 0.000579. The van der Waals surface area contributed by atoms with Gasteiger partial charge in [-0.2, -0.15) is 0 Å². The molecule has 4 rings (SSSR count). The van der Waals surface area contributed by atoms with Gasteiger partial charge in [-0.05, 0) is 43.9 Å². The summed E-state index contributed by atoms with van der Waals surface area (Å²) in [6.07, 6.45) is 7.55. The second-order valence-corrected chi connectivity index (χ2v) is 6.89. The van der Waals surface area contributed by atoms with Crippen molar-refractivity contribution in [3.05, 3.63) is 12.2 Å². The number of fused-ring (bicyclic) bond motifs is 5. The zero-order valence-corrected chi connectivity index (χ0v) is 11.8. The monoisotopic (exact) mass is 289 g/mol. The molecule has 0 aromatic heterocycles. The van der Waals surface area contributed by atoms with Gasteiger partial charge in [-0.25, -0.2) is 0 Å². The molecule has 0 aromatic rings. The Labute approximate surface area is 123 Å². The SMILES string of the molecule is O=C(O)C1CCC(N2C(=O)[C@@H]3[C@H](C2=O)[C@@H]2C=C[C@@H]3C2)CC1. The zero-order chi connectivity index (χ0) is 14.7. The van der Waals surface area contributed by atoms with Crippen LogP contribution in [0.2, 0.25) is 0 Å². The van der Waals surface area contributed by atoms with Crippen molar-refractivity contribution >= 4 is 17.8 Å². The van der Waals surface area contributed by atoms with Crippen LogP contribution in [-0.4, -0.2) is 33.8 Å². The van der Waals surface area contributed by atoms with E-state index in [1.807, 2.05) is 0 Å². The second kappa shape index (κ2) is 4.42. The van der Waals surface area contributed by atoms with Crippen LogP contribution in [-0.2, 0) is 14.4 Å². The van der Waals surface area contributed by atoms with Gasteiger partial charge in [-0.3, -0.25) is 19.3 Å². The third kappa shape index (κ3) is 1.72. The van der Waals surface area contributed by atoms with Crippen LogP contribution in [0.5, 0.6) is 0 Å². The van der Waals surface area contributed by atoms with Crippen LogP contribution in [0.3, 0.4) is 0 Å². The largest absolute Gasteiger partial charge is 0.481 e. The van der Waals surface area contributed by atoms with E-state index in [4.69, 9.17) is 5.11 Å². The van der Waals surface area contributed by atoms with Crippen molar-refractivity contribution in [3.63, 3.8) is 0 Å². The first-order valence-corrected chi connectivity index (χ1v) is 7.86. The van der Waals surface area contributed by atoms with E-state index in [1.165, 1.54) is 4.90 Å². The number of allylic oxidation sites excluding steroid dienone is 2. The van der Waals surface area contributed by atoms with Gasteiger partial charge in [0.05, 0.1) is 17.8 Å². The molecule has 0 aromatic carbocycles.